The van der Waals surface area contributed by atoms with Gasteiger partial charge in [0.25, 0.3) is 0 Å². The Morgan fingerprint density at radius 2 is 1.07 bits per heavy atom. The van der Waals surface area contributed by atoms with Crippen molar-refractivity contribution in [3.8, 4) is 0 Å². The molecule has 0 radical (unpaired) electrons. The number of urea groups is 1. The first-order valence-corrected chi connectivity index (χ1v) is 30.6. The topological polar surface area (TPSA) is 378 Å². The fourth-order valence-corrected chi connectivity index (χ4v) is 13.6. The fourth-order valence-electron chi connectivity index (χ4n) is 13.6. The van der Waals surface area contributed by atoms with Gasteiger partial charge in [0.2, 0.25) is 65.0 Å². The summed E-state index contributed by atoms with van der Waals surface area (Å²) < 4.78 is 0. The van der Waals surface area contributed by atoms with Gasteiger partial charge in [-0.3, -0.25) is 57.5 Å². The van der Waals surface area contributed by atoms with E-state index in [4.69, 9.17) is 0 Å². The number of fused-ring (bicyclic) bond motifs is 1. The summed E-state index contributed by atoms with van der Waals surface area (Å²) in [4.78, 5) is 181. The van der Waals surface area contributed by atoms with E-state index in [9.17, 15) is 72.5 Å². The molecule has 0 spiro atoms. The molecule has 8 aliphatic heterocycles. The van der Waals surface area contributed by atoms with Gasteiger partial charge in [0, 0.05) is 84.1 Å². The van der Waals surface area contributed by atoms with Crippen LogP contribution in [0, 0.1) is 0 Å². The van der Waals surface area contributed by atoms with Crippen molar-refractivity contribution in [1.29, 1.82) is 0 Å². The van der Waals surface area contributed by atoms with Crippen molar-refractivity contribution in [1.82, 2.24) is 71.9 Å². The summed E-state index contributed by atoms with van der Waals surface area (Å²) in [6.45, 7) is 3.26. The highest BCUT2D eigenvalue weighted by Gasteiger charge is 2.48. The number of carbonyl (C=O) groups excluding carboxylic acids is 13. The molecule has 0 saturated carbocycles. The van der Waals surface area contributed by atoms with Crippen molar-refractivity contribution >= 4 is 76.8 Å². The molecule has 0 bridgehead atoms. The molecule has 0 aromatic heterocycles. The number of ketones is 1. The van der Waals surface area contributed by atoms with E-state index in [0.29, 0.717) is 90.4 Å². The van der Waals surface area contributed by atoms with E-state index < -0.39 is 127 Å². The molecule has 6 unspecified atom stereocenters. The van der Waals surface area contributed by atoms with Crippen molar-refractivity contribution in [3.05, 3.63) is 0 Å². The zero-order chi connectivity index (χ0) is 61.1. The van der Waals surface area contributed by atoms with E-state index in [0.717, 1.165) is 12.8 Å². The van der Waals surface area contributed by atoms with Crippen LogP contribution in [0.4, 0.5) is 4.79 Å². The number of amides is 13. The quantitative estimate of drug-likeness (QED) is 0.0386. The van der Waals surface area contributed by atoms with E-state index in [2.05, 4.69) is 42.5 Å². The first kappa shape index (κ1) is 64.0. The third-order valence-corrected chi connectivity index (χ3v) is 18.0. The first-order valence-electron chi connectivity index (χ1n) is 30.6. The van der Waals surface area contributed by atoms with E-state index in [1.807, 2.05) is 0 Å². The first-order chi connectivity index (χ1) is 40.7. The smallest absolute Gasteiger partial charge is 0.315 e. The minimum absolute atomic E-state index is 0.0304. The predicted octanol–water partition coefficient (Wildman–Crippen LogP) is -4.42. The number of β-amino-alcohol motifs (C(OH)–C–C–N with tert-alkyl or cyclic N) is 2. The predicted molar refractivity (Wildman–Crippen MR) is 299 cm³/mol. The van der Waals surface area contributed by atoms with Crippen LogP contribution in [-0.4, -0.2) is 261 Å². The minimum Gasteiger partial charge on any atom is -0.391 e. The lowest BCUT2D eigenvalue weighted by molar-refractivity contribution is -0.148. The van der Waals surface area contributed by atoms with Gasteiger partial charge in [-0.15, -0.1) is 0 Å². The number of rotatable bonds is 25. The largest absolute Gasteiger partial charge is 0.391 e. The Bertz CT molecular complexity index is 2560. The number of aliphatic hydroxyl groups excluding tert-OH is 2. The molecule has 8 aliphatic rings. The molecular weight excluding hydrogens is 1110 g/mol. The molecule has 0 aromatic carbocycles. The van der Waals surface area contributed by atoms with Gasteiger partial charge in [-0.2, -0.15) is 0 Å². The molecule has 13 amide bonds. The molecule has 8 fully saturated rings. The summed E-state index contributed by atoms with van der Waals surface area (Å²) in [5.41, 5.74) is 0. The molecule has 12 atom stereocenters. The van der Waals surface area contributed by atoms with Crippen molar-refractivity contribution in [2.75, 3.05) is 72.0 Å². The monoisotopic (exact) mass is 1190 g/mol. The molecule has 8 rings (SSSR count). The van der Waals surface area contributed by atoms with Gasteiger partial charge in [0.05, 0.1) is 50.0 Å². The number of carbonyl (C=O) groups is 13. The highest BCUT2D eigenvalue weighted by atomic mass is 16.3. The van der Waals surface area contributed by atoms with Gasteiger partial charge in [-0.1, -0.05) is 13.3 Å². The van der Waals surface area contributed by atoms with Crippen LogP contribution in [-0.2, 0) is 57.5 Å². The average Bonchev–Trinajstić information content (AvgIpc) is 2.87. The summed E-state index contributed by atoms with van der Waals surface area (Å²) in [7, 11) is 0. The van der Waals surface area contributed by atoms with Crippen LogP contribution in [0.5, 0.6) is 0 Å². The molecule has 10 N–H and O–H groups in total. The summed E-state index contributed by atoms with van der Waals surface area (Å²) in [6, 6.07) is -6.81. The molecule has 8 heterocycles. The Kier molecular flexibility index (Phi) is 22.1. The standard InChI is InChI=1S/C56H86N14O15/c1-3-45(75)66-21-9-15-39(66)53(82)62-36(13-6-7-19-57-44(74)18-5-4-12-35-49-37(26-58-35)63-56(85)64-49)50(79)59-27-47(77)67-22-10-16-40(67)54(83)70-31-34(73)25-43(70)52(81)61-29-48(78)68-23-11-17-41(68)55(84)69-30-33(72)24-42(69)51(80)60-28-46(76)65-20-8-14-38(65)32(2)71/h33-43,49,58,72-73H,3-31H2,1-2H3,(H,57,74)(H,59,79)(H,60,80)(H,61,81)(H,62,82)(H2,63,64,85)/t33-,34+,35?,36?,37?,38+,39?,40+,41+,42-,43?,49?/m0/s1. The van der Waals surface area contributed by atoms with Crippen molar-refractivity contribution < 1.29 is 72.5 Å². The minimum atomic E-state index is -1.23. The second kappa shape index (κ2) is 29.4. The maximum Gasteiger partial charge on any atom is 0.315 e. The van der Waals surface area contributed by atoms with Crippen molar-refractivity contribution in [2.24, 2.45) is 0 Å². The van der Waals surface area contributed by atoms with Crippen LogP contribution in [0.3, 0.4) is 0 Å². The molecule has 29 nitrogen and oxygen atoms in total. The zero-order valence-corrected chi connectivity index (χ0v) is 48.8. The molecule has 8 saturated heterocycles. The van der Waals surface area contributed by atoms with Crippen LogP contribution in [0.25, 0.3) is 0 Å². The van der Waals surface area contributed by atoms with E-state index >= 15 is 0 Å². The maximum atomic E-state index is 14.3. The van der Waals surface area contributed by atoms with Gasteiger partial charge in [-0.05, 0) is 90.4 Å². The van der Waals surface area contributed by atoms with Gasteiger partial charge in [0.15, 0.2) is 5.78 Å². The maximum absolute atomic E-state index is 14.3. The zero-order valence-electron chi connectivity index (χ0n) is 48.8. The molecule has 0 aliphatic carbocycles. The Hall–Kier alpha value is -7.01. The lowest BCUT2D eigenvalue weighted by atomic mass is 10.0. The molecule has 29 heteroatoms. The number of nitrogens with one attached hydrogen (secondary N) is 8. The third kappa shape index (κ3) is 15.7. The SMILES string of the molecule is CCC(=O)N1CCCC1C(=O)NC(CCCCNC(=O)CCCCC1NCC2NC(=O)NC12)C(=O)NCC(=O)N1CCC[C@@H]1C(=O)N1C[C@H](O)CC1C(=O)NCC(=O)N1CCC[C@@H]1C(=O)N1C[C@@H](O)C[C@H]1C(=O)NCC(=O)N1CCC[C@@H]1C(C)=O. The number of nitrogens with zero attached hydrogens (tertiary/aromatic N) is 6. The number of unbranched alkanes of at least 4 members (excludes halogenated alkanes) is 2. The van der Waals surface area contributed by atoms with Gasteiger partial charge >= 0.3 is 6.03 Å². The van der Waals surface area contributed by atoms with Gasteiger partial charge < -0.3 is 82.1 Å². The lowest BCUT2D eigenvalue weighted by Gasteiger charge is -2.32. The lowest BCUT2D eigenvalue weighted by Crippen LogP contribution is -2.56. The highest BCUT2D eigenvalue weighted by molar-refractivity contribution is 5.98. The normalized spacial score (nSPS) is 28.2. The summed E-state index contributed by atoms with van der Waals surface area (Å²) in [5.74, 6) is -5.93. The summed E-state index contributed by atoms with van der Waals surface area (Å²) >= 11 is 0. The second-order valence-corrected chi connectivity index (χ2v) is 23.8. The number of Topliss-reactive ketones (excluding diaryl/α,β-unsaturated/α-hetero) is 1. The van der Waals surface area contributed by atoms with Gasteiger partial charge in [0.1, 0.15) is 36.3 Å². The average molecular weight is 1200 g/mol. The van der Waals surface area contributed by atoms with Crippen molar-refractivity contribution in [2.45, 2.75) is 202 Å². The Morgan fingerprint density at radius 3 is 1.61 bits per heavy atom. The fraction of sp³-hybridized carbons (Fsp3) is 0.768. The number of hydrogen-bond acceptors (Lipinski definition) is 16. The number of likely N-dealkylation sites (tertiary alicyclic amines) is 6. The van der Waals surface area contributed by atoms with E-state index in [1.165, 1.54) is 36.3 Å². The summed E-state index contributed by atoms with van der Waals surface area (Å²) in [5, 5.41) is 44.1. The van der Waals surface area contributed by atoms with Crippen LogP contribution < -0.4 is 42.5 Å². The Labute approximate surface area is 493 Å². The molecule has 470 valence electrons. The van der Waals surface area contributed by atoms with Crippen molar-refractivity contribution in [3.63, 3.8) is 0 Å². The second-order valence-electron chi connectivity index (χ2n) is 23.8. The van der Waals surface area contributed by atoms with Crippen LogP contribution in [0.15, 0.2) is 0 Å². The van der Waals surface area contributed by atoms with Gasteiger partial charge in [-0.25, -0.2) is 4.79 Å². The van der Waals surface area contributed by atoms with E-state index in [1.54, 1.807) is 6.92 Å². The number of hydrogen-bond donors (Lipinski definition) is 10. The Balaban J connectivity index is 0.797. The number of aliphatic hydroxyl groups is 2. The van der Waals surface area contributed by atoms with Crippen LogP contribution >= 0.6 is 0 Å². The summed E-state index contributed by atoms with van der Waals surface area (Å²) in [6.07, 6.45) is 4.89. The molecular formula is C56H86N14O15. The molecule has 85 heavy (non-hydrogen) atoms. The van der Waals surface area contributed by atoms with Crippen LogP contribution in [0.1, 0.15) is 129 Å². The third-order valence-electron chi connectivity index (χ3n) is 18.0. The Morgan fingerprint density at radius 1 is 0.565 bits per heavy atom. The highest BCUT2D eigenvalue weighted by Crippen LogP contribution is 2.29. The van der Waals surface area contributed by atoms with Crippen LogP contribution in [0.2, 0.25) is 0 Å². The van der Waals surface area contributed by atoms with E-state index in [-0.39, 0.29) is 106 Å². The molecule has 0 aromatic rings.